The van der Waals surface area contributed by atoms with Crippen LogP contribution in [0.3, 0.4) is 0 Å². The summed E-state index contributed by atoms with van der Waals surface area (Å²) in [5.41, 5.74) is 0.587. The standard InChI is InChI=1S/C19H19ClN6O4/c1-21-18(28)19-7-29-13(14(19)27)17(30-19)26-9-25-12-15(23-8-24-16(12)26)22-6-10-3-2-4-11(20)5-10/h2-5,8-9,13-14,17,27H,6-7H2,1H3,(H,21,28)(H,22,23,24)/t13-,14?,17+,19-/m0/s1. The summed E-state index contributed by atoms with van der Waals surface area (Å²) in [6.45, 7) is 0.493. The van der Waals surface area contributed by atoms with Crippen LogP contribution in [-0.2, 0) is 20.8 Å². The molecule has 1 aromatic carbocycles. The van der Waals surface area contributed by atoms with E-state index in [4.69, 9.17) is 21.1 Å². The maximum absolute atomic E-state index is 12.3. The van der Waals surface area contributed by atoms with E-state index in [0.717, 1.165) is 5.56 Å². The molecule has 3 N–H and O–H groups in total. The fourth-order valence-electron chi connectivity index (χ4n) is 3.97. The summed E-state index contributed by atoms with van der Waals surface area (Å²) in [6, 6.07) is 7.51. The summed E-state index contributed by atoms with van der Waals surface area (Å²) >= 11 is 6.04. The molecule has 0 saturated carbocycles. The van der Waals surface area contributed by atoms with Gasteiger partial charge >= 0.3 is 0 Å². The molecule has 4 atom stereocenters. The second-order valence-electron chi connectivity index (χ2n) is 7.23. The van der Waals surface area contributed by atoms with Gasteiger partial charge in [-0.1, -0.05) is 23.7 Å². The molecule has 0 spiro atoms. The second kappa shape index (κ2) is 7.17. The van der Waals surface area contributed by atoms with Crippen LogP contribution in [-0.4, -0.2) is 62.0 Å². The number of hydrogen-bond donors (Lipinski definition) is 3. The Morgan fingerprint density at radius 3 is 3.07 bits per heavy atom. The van der Waals surface area contributed by atoms with E-state index in [1.54, 1.807) is 10.9 Å². The van der Waals surface area contributed by atoms with E-state index in [1.807, 2.05) is 24.3 Å². The molecule has 0 radical (unpaired) electrons. The van der Waals surface area contributed by atoms with Crippen molar-refractivity contribution in [1.29, 1.82) is 0 Å². The monoisotopic (exact) mass is 430 g/mol. The lowest BCUT2D eigenvalue weighted by atomic mass is 9.98. The SMILES string of the molecule is CNC(=O)[C@]12CO[C@@H](C1O)[C@H](n1cnc3c(NCc4cccc(Cl)c4)ncnc31)O2. The quantitative estimate of drug-likeness (QED) is 0.544. The molecular weight excluding hydrogens is 412 g/mol. The number of aromatic nitrogens is 4. The first kappa shape index (κ1) is 19.2. The van der Waals surface area contributed by atoms with Crippen LogP contribution in [0.25, 0.3) is 11.2 Å². The first-order valence-electron chi connectivity index (χ1n) is 9.39. The van der Waals surface area contributed by atoms with Crippen LogP contribution in [0.4, 0.5) is 5.82 Å². The van der Waals surface area contributed by atoms with E-state index < -0.39 is 29.9 Å². The first-order valence-corrected chi connectivity index (χ1v) is 9.77. The van der Waals surface area contributed by atoms with Crippen molar-refractivity contribution in [2.24, 2.45) is 0 Å². The van der Waals surface area contributed by atoms with Gasteiger partial charge in [-0.2, -0.15) is 0 Å². The van der Waals surface area contributed by atoms with Gasteiger partial charge in [0, 0.05) is 18.6 Å². The Labute approximate surface area is 176 Å². The number of carbonyl (C=O) groups excluding carboxylic acids is 1. The van der Waals surface area contributed by atoms with Gasteiger partial charge in [0.25, 0.3) is 5.91 Å². The van der Waals surface area contributed by atoms with Gasteiger partial charge in [0.2, 0.25) is 5.60 Å². The molecule has 2 saturated heterocycles. The number of ether oxygens (including phenoxy) is 2. The summed E-state index contributed by atoms with van der Waals surface area (Å²) in [5, 5.41) is 17.0. The van der Waals surface area contributed by atoms with E-state index in [2.05, 4.69) is 25.6 Å². The van der Waals surface area contributed by atoms with Crippen molar-refractivity contribution in [3.8, 4) is 0 Å². The Hall–Kier alpha value is -2.79. The van der Waals surface area contributed by atoms with Crippen LogP contribution >= 0.6 is 11.6 Å². The molecule has 10 nitrogen and oxygen atoms in total. The fraction of sp³-hybridized carbons (Fsp3) is 0.368. The van der Waals surface area contributed by atoms with Crippen LogP contribution in [0.5, 0.6) is 0 Å². The summed E-state index contributed by atoms with van der Waals surface area (Å²) in [7, 11) is 1.49. The molecule has 1 unspecified atom stereocenters. The van der Waals surface area contributed by atoms with E-state index in [9.17, 15) is 9.90 Å². The van der Waals surface area contributed by atoms with Gasteiger partial charge in [0.05, 0.1) is 12.9 Å². The number of aliphatic hydroxyl groups is 1. The summed E-state index contributed by atoms with van der Waals surface area (Å²) in [4.78, 5) is 25.4. The minimum absolute atomic E-state index is 0.0109. The van der Waals surface area contributed by atoms with E-state index >= 15 is 0 Å². The number of fused-ring (bicyclic) bond motifs is 3. The number of benzene rings is 1. The Bertz CT molecular complexity index is 1120. The lowest BCUT2D eigenvalue weighted by molar-refractivity contribution is -0.184. The Kier molecular flexibility index (Phi) is 4.58. The van der Waals surface area contributed by atoms with E-state index in [1.165, 1.54) is 13.4 Å². The highest BCUT2D eigenvalue weighted by Gasteiger charge is 2.65. The molecule has 1 amide bonds. The molecule has 3 aromatic rings. The zero-order valence-corrected chi connectivity index (χ0v) is 16.7. The molecule has 11 heteroatoms. The molecule has 2 fully saturated rings. The lowest BCUT2D eigenvalue weighted by Crippen LogP contribution is -2.53. The number of aliphatic hydroxyl groups excluding tert-OH is 1. The highest BCUT2D eigenvalue weighted by molar-refractivity contribution is 6.30. The number of nitrogens with one attached hydrogen (secondary N) is 2. The Morgan fingerprint density at radius 2 is 2.27 bits per heavy atom. The van der Waals surface area contributed by atoms with Gasteiger partial charge in [-0.25, -0.2) is 15.0 Å². The molecule has 30 heavy (non-hydrogen) atoms. The average molecular weight is 431 g/mol. The maximum Gasteiger partial charge on any atom is 0.257 e. The van der Waals surface area contributed by atoms with Gasteiger partial charge < -0.3 is 25.2 Å². The lowest BCUT2D eigenvalue weighted by Gasteiger charge is -2.29. The van der Waals surface area contributed by atoms with Gasteiger partial charge in [-0.05, 0) is 17.7 Å². The molecule has 156 valence electrons. The summed E-state index contributed by atoms with van der Waals surface area (Å²) in [5.74, 6) is 0.118. The summed E-state index contributed by atoms with van der Waals surface area (Å²) in [6.07, 6.45) is 0.411. The molecular formula is C19H19ClN6O4. The van der Waals surface area contributed by atoms with Crippen molar-refractivity contribution in [2.75, 3.05) is 19.0 Å². The number of anilines is 1. The topological polar surface area (TPSA) is 123 Å². The van der Waals surface area contributed by atoms with Gasteiger partial charge in [-0.3, -0.25) is 9.36 Å². The van der Waals surface area contributed by atoms with Gasteiger partial charge in [0.15, 0.2) is 23.2 Å². The van der Waals surface area contributed by atoms with Crippen LogP contribution in [0, 0.1) is 0 Å². The van der Waals surface area contributed by atoms with Crippen molar-refractivity contribution in [1.82, 2.24) is 24.8 Å². The van der Waals surface area contributed by atoms with Gasteiger partial charge in [-0.15, -0.1) is 0 Å². The van der Waals surface area contributed by atoms with Crippen molar-refractivity contribution >= 4 is 34.5 Å². The molecule has 2 bridgehead atoms. The van der Waals surface area contributed by atoms with Crippen molar-refractivity contribution in [3.63, 3.8) is 0 Å². The van der Waals surface area contributed by atoms with Crippen LogP contribution in [0.1, 0.15) is 11.8 Å². The smallest absolute Gasteiger partial charge is 0.257 e. The Morgan fingerprint density at radius 1 is 1.40 bits per heavy atom. The van der Waals surface area contributed by atoms with Gasteiger partial charge in [0.1, 0.15) is 18.5 Å². The van der Waals surface area contributed by atoms with Crippen LogP contribution < -0.4 is 10.6 Å². The number of nitrogens with zero attached hydrogens (tertiary/aromatic N) is 4. The van der Waals surface area contributed by atoms with E-state index in [0.29, 0.717) is 28.5 Å². The molecule has 2 aliphatic heterocycles. The highest BCUT2D eigenvalue weighted by Crippen LogP contribution is 2.45. The number of carbonyl (C=O) groups is 1. The second-order valence-corrected chi connectivity index (χ2v) is 7.66. The number of imidazole rings is 1. The zero-order chi connectivity index (χ0) is 20.9. The van der Waals surface area contributed by atoms with Crippen LogP contribution in [0.15, 0.2) is 36.9 Å². The third kappa shape index (κ3) is 2.83. The number of likely N-dealkylation sites (N-methyl/N-ethyl adjacent to an activating group) is 1. The predicted octanol–water partition coefficient (Wildman–Crippen LogP) is 0.865. The summed E-state index contributed by atoms with van der Waals surface area (Å²) < 4.78 is 13.3. The van der Waals surface area contributed by atoms with Crippen molar-refractivity contribution < 1.29 is 19.4 Å². The normalized spacial score (nSPS) is 27.5. The minimum Gasteiger partial charge on any atom is -0.387 e. The third-order valence-electron chi connectivity index (χ3n) is 5.48. The molecule has 4 heterocycles. The van der Waals surface area contributed by atoms with Crippen molar-refractivity contribution in [2.45, 2.75) is 30.6 Å². The maximum atomic E-state index is 12.3. The highest BCUT2D eigenvalue weighted by atomic mass is 35.5. The number of rotatable bonds is 5. The molecule has 2 aliphatic rings. The molecule has 2 aromatic heterocycles. The molecule has 5 rings (SSSR count). The zero-order valence-electron chi connectivity index (χ0n) is 15.9. The number of halogens is 1. The fourth-order valence-corrected chi connectivity index (χ4v) is 4.18. The van der Waals surface area contributed by atoms with E-state index in [-0.39, 0.29) is 6.61 Å². The van der Waals surface area contributed by atoms with Crippen LogP contribution in [0.2, 0.25) is 5.02 Å². The van der Waals surface area contributed by atoms with Crippen molar-refractivity contribution in [3.05, 3.63) is 47.5 Å². The predicted molar refractivity (Wildman–Crippen MR) is 107 cm³/mol. The Balaban J connectivity index is 1.44. The first-order chi connectivity index (χ1) is 14.5. The number of amides is 1. The molecule has 0 aliphatic carbocycles. The number of hydrogen-bond acceptors (Lipinski definition) is 8. The largest absolute Gasteiger partial charge is 0.387 e. The minimum atomic E-state index is -1.44. The third-order valence-corrected chi connectivity index (χ3v) is 5.72. The average Bonchev–Trinajstić information content (AvgIpc) is 3.42.